The Labute approximate surface area is 211 Å². The standard InChI is InChI=1S/C30H32N4O2/c1-7-22-8-14-25(15-9-22)34-30-28(20(5)32-34)19(4)16-27(35)33(30)17-26-21(6)36-29(31-26)24-12-10-23(11-13-24)18(2)3/h8-16,18H,7,17H2,1-6H3. The predicted octanol–water partition coefficient (Wildman–Crippen LogP) is 6.50. The Morgan fingerprint density at radius 1 is 0.972 bits per heavy atom. The lowest BCUT2D eigenvalue weighted by Crippen LogP contribution is -2.23. The molecule has 6 heteroatoms. The highest BCUT2D eigenvalue weighted by molar-refractivity contribution is 5.83. The maximum Gasteiger partial charge on any atom is 0.252 e. The van der Waals surface area contributed by atoms with Gasteiger partial charge in [-0.2, -0.15) is 5.10 Å². The van der Waals surface area contributed by atoms with E-state index < -0.39 is 0 Å². The molecule has 3 heterocycles. The van der Waals surface area contributed by atoms with Gasteiger partial charge in [0.2, 0.25) is 5.89 Å². The van der Waals surface area contributed by atoms with Crippen LogP contribution in [0.3, 0.4) is 0 Å². The number of hydrogen-bond acceptors (Lipinski definition) is 4. The van der Waals surface area contributed by atoms with E-state index in [9.17, 15) is 4.79 Å². The predicted molar refractivity (Wildman–Crippen MR) is 144 cm³/mol. The average molecular weight is 481 g/mol. The highest BCUT2D eigenvalue weighted by Crippen LogP contribution is 2.27. The number of nitrogens with zero attached hydrogens (tertiary/aromatic N) is 4. The topological polar surface area (TPSA) is 65.8 Å². The van der Waals surface area contributed by atoms with Gasteiger partial charge in [0, 0.05) is 17.0 Å². The Kier molecular flexibility index (Phi) is 6.12. The monoisotopic (exact) mass is 480 g/mol. The first-order valence-corrected chi connectivity index (χ1v) is 12.5. The molecule has 0 spiro atoms. The van der Waals surface area contributed by atoms with E-state index in [0.717, 1.165) is 45.7 Å². The minimum Gasteiger partial charge on any atom is -0.441 e. The minimum absolute atomic E-state index is 0.0865. The fourth-order valence-corrected chi connectivity index (χ4v) is 4.73. The summed E-state index contributed by atoms with van der Waals surface area (Å²) in [5.74, 6) is 1.73. The molecule has 0 radical (unpaired) electrons. The molecule has 5 rings (SSSR count). The van der Waals surface area contributed by atoms with Crippen LogP contribution < -0.4 is 5.56 Å². The van der Waals surface area contributed by atoms with Gasteiger partial charge in [-0.3, -0.25) is 9.36 Å². The van der Waals surface area contributed by atoms with E-state index in [4.69, 9.17) is 14.5 Å². The van der Waals surface area contributed by atoms with Gasteiger partial charge in [-0.05, 0) is 74.1 Å². The van der Waals surface area contributed by atoms with E-state index in [1.54, 1.807) is 10.6 Å². The van der Waals surface area contributed by atoms with Gasteiger partial charge in [0.25, 0.3) is 5.56 Å². The maximum atomic E-state index is 13.3. The second-order valence-electron chi connectivity index (χ2n) is 9.77. The first-order chi connectivity index (χ1) is 17.3. The molecule has 0 amide bonds. The van der Waals surface area contributed by atoms with E-state index in [2.05, 4.69) is 57.2 Å². The SMILES string of the molecule is CCc1ccc(-n2nc(C)c3c(C)cc(=O)n(Cc4nc(-c5ccc(C(C)C)cc5)oc4C)c32)cc1. The summed E-state index contributed by atoms with van der Waals surface area (Å²) in [6.45, 7) is 12.6. The van der Waals surface area contributed by atoms with Crippen LogP contribution in [0.5, 0.6) is 0 Å². The van der Waals surface area contributed by atoms with Crippen LogP contribution in [0.2, 0.25) is 0 Å². The van der Waals surface area contributed by atoms with Crippen molar-refractivity contribution in [2.45, 2.75) is 60.4 Å². The van der Waals surface area contributed by atoms with Crippen molar-refractivity contribution in [2.24, 2.45) is 0 Å². The molecule has 0 saturated heterocycles. The summed E-state index contributed by atoms with van der Waals surface area (Å²) < 4.78 is 9.68. The number of aryl methyl sites for hydroxylation is 4. The van der Waals surface area contributed by atoms with Crippen molar-refractivity contribution in [3.05, 3.63) is 98.8 Å². The molecule has 0 aliphatic rings. The van der Waals surface area contributed by atoms with Crippen LogP contribution in [0.1, 0.15) is 60.5 Å². The largest absolute Gasteiger partial charge is 0.441 e. The second-order valence-corrected chi connectivity index (χ2v) is 9.77. The third kappa shape index (κ3) is 4.17. The van der Waals surface area contributed by atoms with Crippen LogP contribution in [0, 0.1) is 20.8 Å². The molecular formula is C30H32N4O2. The smallest absolute Gasteiger partial charge is 0.252 e. The summed E-state index contributed by atoms with van der Waals surface area (Å²) >= 11 is 0. The summed E-state index contributed by atoms with van der Waals surface area (Å²) in [5.41, 5.74) is 7.60. The molecule has 36 heavy (non-hydrogen) atoms. The zero-order valence-electron chi connectivity index (χ0n) is 21.8. The molecule has 0 saturated carbocycles. The molecule has 0 aliphatic carbocycles. The fraction of sp³-hybridized carbons (Fsp3) is 0.300. The molecular weight excluding hydrogens is 448 g/mol. The number of oxazole rings is 1. The van der Waals surface area contributed by atoms with Crippen LogP contribution in [0.25, 0.3) is 28.2 Å². The highest BCUT2D eigenvalue weighted by atomic mass is 16.4. The van der Waals surface area contributed by atoms with Crippen LogP contribution in [0.15, 0.2) is 63.8 Å². The van der Waals surface area contributed by atoms with Crippen molar-refractivity contribution in [2.75, 3.05) is 0 Å². The first-order valence-electron chi connectivity index (χ1n) is 12.5. The van der Waals surface area contributed by atoms with Crippen molar-refractivity contribution >= 4 is 11.0 Å². The zero-order valence-corrected chi connectivity index (χ0v) is 21.8. The fourth-order valence-electron chi connectivity index (χ4n) is 4.73. The number of aromatic nitrogens is 4. The normalized spacial score (nSPS) is 11.6. The summed E-state index contributed by atoms with van der Waals surface area (Å²) in [7, 11) is 0. The molecule has 0 N–H and O–H groups in total. The minimum atomic E-state index is -0.0865. The first kappa shape index (κ1) is 23.8. The van der Waals surface area contributed by atoms with Gasteiger partial charge in [-0.1, -0.05) is 45.0 Å². The van der Waals surface area contributed by atoms with Crippen molar-refractivity contribution < 1.29 is 4.42 Å². The Bertz CT molecular complexity index is 1600. The summed E-state index contributed by atoms with van der Waals surface area (Å²) in [4.78, 5) is 18.1. The molecule has 3 aromatic heterocycles. The van der Waals surface area contributed by atoms with Crippen LogP contribution in [0.4, 0.5) is 0 Å². The maximum absolute atomic E-state index is 13.3. The quantitative estimate of drug-likeness (QED) is 0.278. The molecule has 0 aliphatic heterocycles. The lowest BCUT2D eigenvalue weighted by atomic mass is 10.0. The zero-order chi connectivity index (χ0) is 25.6. The molecule has 184 valence electrons. The van der Waals surface area contributed by atoms with Gasteiger partial charge >= 0.3 is 0 Å². The van der Waals surface area contributed by atoms with E-state index in [-0.39, 0.29) is 5.56 Å². The number of fused-ring (bicyclic) bond motifs is 1. The molecule has 0 fully saturated rings. The number of hydrogen-bond donors (Lipinski definition) is 0. The van der Waals surface area contributed by atoms with E-state index in [1.165, 1.54) is 11.1 Å². The van der Waals surface area contributed by atoms with Gasteiger partial charge in [0.15, 0.2) is 0 Å². The lowest BCUT2D eigenvalue weighted by Gasteiger charge is -2.12. The second kappa shape index (κ2) is 9.26. The average Bonchev–Trinajstić information content (AvgIpc) is 3.41. The van der Waals surface area contributed by atoms with Crippen LogP contribution in [-0.4, -0.2) is 19.3 Å². The van der Waals surface area contributed by atoms with Gasteiger partial charge in [0.05, 0.1) is 17.9 Å². The van der Waals surface area contributed by atoms with E-state index >= 15 is 0 Å². The summed E-state index contributed by atoms with van der Waals surface area (Å²) in [6.07, 6.45) is 0.969. The van der Waals surface area contributed by atoms with Gasteiger partial charge < -0.3 is 4.42 Å². The summed E-state index contributed by atoms with van der Waals surface area (Å²) in [5, 5.41) is 5.82. The molecule has 2 aromatic carbocycles. The third-order valence-electron chi connectivity index (χ3n) is 6.91. The van der Waals surface area contributed by atoms with Gasteiger partial charge in [-0.15, -0.1) is 0 Å². The lowest BCUT2D eigenvalue weighted by molar-refractivity contribution is 0.537. The van der Waals surface area contributed by atoms with E-state index in [1.807, 2.05) is 37.6 Å². The van der Waals surface area contributed by atoms with Gasteiger partial charge in [-0.25, -0.2) is 9.67 Å². The highest BCUT2D eigenvalue weighted by Gasteiger charge is 2.20. The Morgan fingerprint density at radius 2 is 1.67 bits per heavy atom. The molecule has 0 atom stereocenters. The Morgan fingerprint density at radius 3 is 2.31 bits per heavy atom. The number of rotatable bonds is 6. The Hall–Kier alpha value is -3.93. The van der Waals surface area contributed by atoms with Crippen LogP contribution in [-0.2, 0) is 13.0 Å². The van der Waals surface area contributed by atoms with Crippen LogP contribution >= 0.6 is 0 Å². The summed E-state index contributed by atoms with van der Waals surface area (Å²) in [6, 6.07) is 18.3. The molecule has 0 bridgehead atoms. The Balaban J connectivity index is 1.61. The number of benzene rings is 2. The van der Waals surface area contributed by atoms with Gasteiger partial charge in [0.1, 0.15) is 17.1 Å². The van der Waals surface area contributed by atoms with Crippen molar-refractivity contribution in [1.29, 1.82) is 0 Å². The third-order valence-corrected chi connectivity index (χ3v) is 6.91. The van der Waals surface area contributed by atoms with Crippen molar-refractivity contribution in [3.8, 4) is 17.1 Å². The molecule has 6 nitrogen and oxygen atoms in total. The van der Waals surface area contributed by atoms with Crippen molar-refractivity contribution in [1.82, 2.24) is 19.3 Å². The number of pyridine rings is 1. The molecule has 0 unspecified atom stereocenters. The molecule has 5 aromatic rings. The van der Waals surface area contributed by atoms with E-state index in [0.29, 0.717) is 24.1 Å². The van der Waals surface area contributed by atoms with Crippen molar-refractivity contribution in [3.63, 3.8) is 0 Å².